The maximum atomic E-state index is 12.9. The van der Waals surface area contributed by atoms with Gasteiger partial charge in [-0.1, -0.05) is 196 Å². The molecule has 1 fully saturated rings. The van der Waals surface area contributed by atoms with Crippen molar-refractivity contribution in [1.29, 1.82) is 0 Å². The highest BCUT2D eigenvalue weighted by Crippen LogP contribution is 2.26. The third-order valence-electron chi connectivity index (χ3n) is 12.1. The fourth-order valence-corrected chi connectivity index (χ4v) is 8.50. The quantitative estimate of drug-likeness (QED) is 0.0197. The molecule has 1 heterocycles. The van der Waals surface area contributed by atoms with E-state index in [1.165, 1.54) is 89.9 Å². The average Bonchev–Trinajstić information content (AvgIpc) is 3.32. The summed E-state index contributed by atoms with van der Waals surface area (Å²) >= 11 is 0. The predicted octanol–water partition coefficient (Wildman–Crippen LogP) is 13.0. The van der Waals surface area contributed by atoms with Crippen LogP contribution in [-0.4, -0.2) is 97.5 Å². The van der Waals surface area contributed by atoms with Gasteiger partial charge in [0.25, 0.3) is 0 Å². The first-order valence-corrected chi connectivity index (χ1v) is 28.6. The van der Waals surface area contributed by atoms with Gasteiger partial charge in [0, 0.05) is 13.0 Å². The fraction of sp³-hybridized carbons (Fsp3) is 0.768. The van der Waals surface area contributed by atoms with Crippen molar-refractivity contribution in [2.75, 3.05) is 26.4 Å². The summed E-state index contributed by atoms with van der Waals surface area (Å²) in [6, 6.07) is 0. The fourth-order valence-electron chi connectivity index (χ4n) is 7.99. The Hall–Kier alpha value is -2.46. The number of ether oxygens (including phenoxy) is 4. The minimum Gasteiger partial charge on any atom is -0.457 e. The first kappa shape index (κ1) is 64.6. The summed E-state index contributed by atoms with van der Waals surface area (Å²) in [6.07, 6.45) is 52.2. The Morgan fingerprint density at radius 1 is 0.565 bits per heavy atom. The highest BCUT2D eigenvalue weighted by atomic mass is 32.3. The first-order chi connectivity index (χ1) is 33.6. The molecule has 0 radical (unpaired) electrons. The van der Waals surface area contributed by atoms with Crippen LogP contribution in [-0.2, 0) is 38.3 Å². The monoisotopic (exact) mass is 995 g/mol. The molecule has 0 spiro atoms. The smallest absolute Gasteiger partial charge is 0.397 e. The van der Waals surface area contributed by atoms with E-state index in [0.717, 1.165) is 96.3 Å². The van der Waals surface area contributed by atoms with Crippen LogP contribution in [0, 0.1) is 0 Å². The largest absolute Gasteiger partial charge is 0.457 e. The first-order valence-electron chi connectivity index (χ1n) is 27.2. The van der Waals surface area contributed by atoms with E-state index in [4.69, 9.17) is 18.9 Å². The molecule has 1 rings (SSSR count). The molecule has 0 saturated carbocycles. The normalized spacial score (nSPS) is 19.8. The van der Waals surface area contributed by atoms with Crippen molar-refractivity contribution in [3.05, 3.63) is 72.9 Å². The molecule has 0 amide bonds. The van der Waals surface area contributed by atoms with E-state index >= 15 is 0 Å². The van der Waals surface area contributed by atoms with Gasteiger partial charge in [-0.2, -0.15) is 8.42 Å². The van der Waals surface area contributed by atoms with Crippen molar-refractivity contribution in [2.24, 2.45) is 0 Å². The van der Waals surface area contributed by atoms with Gasteiger partial charge in [-0.25, -0.2) is 4.18 Å². The van der Waals surface area contributed by atoms with Crippen LogP contribution in [0.3, 0.4) is 0 Å². The van der Waals surface area contributed by atoms with Gasteiger partial charge in [-0.3, -0.25) is 9.35 Å². The van der Waals surface area contributed by atoms with Gasteiger partial charge in [-0.05, 0) is 83.5 Å². The lowest BCUT2D eigenvalue weighted by Crippen LogP contribution is -2.60. The van der Waals surface area contributed by atoms with Crippen molar-refractivity contribution < 1.29 is 56.2 Å². The van der Waals surface area contributed by atoms with Gasteiger partial charge in [-0.15, -0.1) is 0 Å². The number of aliphatic hydroxyl groups is 3. The van der Waals surface area contributed by atoms with Gasteiger partial charge >= 0.3 is 16.4 Å². The second-order valence-corrected chi connectivity index (χ2v) is 19.5. The van der Waals surface area contributed by atoms with E-state index in [1.54, 1.807) is 0 Å². The Morgan fingerprint density at radius 3 is 1.48 bits per heavy atom. The van der Waals surface area contributed by atoms with Crippen molar-refractivity contribution >= 4 is 16.4 Å². The number of unbranched alkanes of at least 4 members (excludes halogenated alkanes) is 22. The Labute approximate surface area is 420 Å². The van der Waals surface area contributed by atoms with E-state index in [-0.39, 0.29) is 19.6 Å². The van der Waals surface area contributed by atoms with Gasteiger partial charge < -0.3 is 34.3 Å². The zero-order chi connectivity index (χ0) is 50.3. The lowest BCUT2D eigenvalue weighted by Gasteiger charge is -2.41. The molecular weight excluding hydrogens is 897 g/mol. The maximum absolute atomic E-state index is 12.9. The molecular formula is C56H98O12S. The Balaban J connectivity index is 2.32. The standard InChI is InChI=1S/C56H98O12S/c1-3-5-7-9-11-13-15-17-19-21-22-23-24-25-26-27-28-29-30-32-34-36-38-40-42-44-46-64-48-50(49-65-56-54(60)55(68-69(61,62)63)53(59)51(47-57)67-56)66-52(58)45-43-41-39-37-35-33-31-20-18-16-14-12-10-8-6-4-2/h5,7,11,13,17,19-20,22-23,25-26,31,50-51,53-57,59-60H,3-4,6,8-10,12,14-16,18,21,24,27-30,32-49H2,1-2H3,(H,61,62,63)/b7-5-,13-11-,19-17-,23-22-,26-25-,31-20-. The molecule has 0 aromatic rings. The van der Waals surface area contributed by atoms with Crippen molar-refractivity contribution in [1.82, 2.24) is 0 Å². The van der Waals surface area contributed by atoms with Crippen LogP contribution in [0.15, 0.2) is 72.9 Å². The van der Waals surface area contributed by atoms with E-state index in [2.05, 4.69) is 90.9 Å². The van der Waals surface area contributed by atoms with E-state index in [1.807, 2.05) is 0 Å². The van der Waals surface area contributed by atoms with Crippen molar-refractivity contribution in [2.45, 2.75) is 250 Å². The molecule has 1 aliphatic rings. The van der Waals surface area contributed by atoms with Crippen LogP contribution in [0.1, 0.15) is 213 Å². The summed E-state index contributed by atoms with van der Waals surface area (Å²) in [7, 11) is -5.07. The summed E-state index contributed by atoms with van der Waals surface area (Å²) in [5.41, 5.74) is 0. The number of carbonyl (C=O) groups excluding carboxylic acids is 1. The number of esters is 1. The molecule has 6 atom stereocenters. The topological polar surface area (TPSA) is 178 Å². The minimum atomic E-state index is -5.07. The molecule has 0 aromatic carbocycles. The molecule has 13 heteroatoms. The summed E-state index contributed by atoms with van der Waals surface area (Å²) in [4.78, 5) is 12.9. The molecule has 1 aliphatic heterocycles. The van der Waals surface area contributed by atoms with Crippen LogP contribution in [0.5, 0.6) is 0 Å². The lowest BCUT2D eigenvalue weighted by molar-refractivity contribution is -0.301. The molecule has 6 unspecified atom stereocenters. The highest BCUT2D eigenvalue weighted by molar-refractivity contribution is 7.80. The summed E-state index contributed by atoms with van der Waals surface area (Å²) in [5, 5.41) is 30.8. The van der Waals surface area contributed by atoms with Gasteiger partial charge in [0.1, 0.15) is 30.5 Å². The van der Waals surface area contributed by atoms with Gasteiger partial charge in [0.2, 0.25) is 0 Å². The van der Waals surface area contributed by atoms with Crippen molar-refractivity contribution in [3.63, 3.8) is 0 Å². The summed E-state index contributed by atoms with van der Waals surface area (Å²) < 4.78 is 59.3. The number of hydrogen-bond donors (Lipinski definition) is 4. The SMILES string of the molecule is CC/C=C\C/C=C\C/C=C\C/C=C\C/C=C\CCCCCCCCCCCCOCC(COC1OC(CO)C(O)C(OS(=O)(=O)O)C1O)OC(=O)CCCCCCC/C=C\CCCCCCCCC. The van der Waals surface area contributed by atoms with E-state index in [9.17, 15) is 33.1 Å². The van der Waals surface area contributed by atoms with Crippen molar-refractivity contribution in [3.8, 4) is 0 Å². The van der Waals surface area contributed by atoms with E-state index in [0.29, 0.717) is 13.0 Å². The average molecular weight is 995 g/mol. The van der Waals surface area contributed by atoms with E-state index < -0.39 is 59.8 Å². The van der Waals surface area contributed by atoms with Gasteiger partial charge in [0.15, 0.2) is 6.29 Å². The summed E-state index contributed by atoms with van der Waals surface area (Å²) in [6.45, 7) is 3.86. The highest BCUT2D eigenvalue weighted by Gasteiger charge is 2.48. The molecule has 0 aliphatic carbocycles. The van der Waals surface area contributed by atoms with Crippen LogP contribution >= 0.6 is 0 Å². The van der Waals surface area contributed by atoms with Crippen LogP contribution in [0.2, 0.25) is 0 Å². The molecule has 1 saturated heterocycles. The van der Waals surface area contributed by atoms with Crippen LogP contribution < -0.4 is 0 Å². The number of aliphatic hydroxyl groups excluding tert-OH is 3. The maximum Gasteiger partial charge on any atom is 0.397 e. The number of allylic oxidation sites excluding steroid dienone is 12. The number of hydrogen-bond acceptors (Lipinski definition) is 11. The minimum absolute atomic E-state index is 0.0269. The number of carbonyl (C=O) groups is 1. The molecule has 0 bridgehead atoms. The third kappa shape index (κ3) is 39.8. The van der Waals surface area contributed by atoms with Crippen LogP contribution in [0.25, 0.3) is 0 Å². The molecule has 12 nitrogen and oxygen atoms in total. The summed E-state index contributed by atoms with van der Waals surface area (Å²) in [5.74, 6) is -0.410. The lowest BCUT2D eigenvalue weighted by atomic mass is 9.99. The Bertz CT molecular complexity index is 1470. The Morgan fingerprint density at radius 2 is 1.00 bits per heavy atom. The predicted molar refractivity (Wildman–Crippen MR) is 280 cm³/mol. The molecule has 4 N–H and O–H groups in total. The second kappa shape index (κ2) is 46.6. The number of rotatable bonds is 47. The molecule has 400 valence electrons. The zero-order valence-electron chi connectivity index (χ0n) is 43.1. The van der Waals surface area contributed by atoms with Crippen LogP contribution in [0.4, 0.5) is 0 Å². The Kier molecular flexibility index (Phi) is 43.6. The zero-order valence-corrected chi connectivity index (χ0v) is 43.9. The molecule has 0 aromatic heterocycles. The third-order valence-corrected chi connectivity index (χ3v) is 12.5. The van der Waals surface area contributed by atoms with Gasteiger partial charge in [0.05, 0.1) is 19.8 Å². The molecule has 69 heavy (non-hydrogen) atoms. The second-order valence-electron chi connectivity index (χ2n) is 18.4.